The Hall–Kier alpha value is -1.86. The van der Waals surface area contributed by atoms with Gasteiger partial charge in [0.1, 0.15) is 0 Å². The maximum absolute atomic E-state index is 11.2. The Morgan fingerprint density at radius 3 is 2.64 bits per heavy atom. The summed E-state index contributed by atoms with van der Waals surface area (Å²) in [7, 11) is 4.12. The fourth-order valence-corrected chi connectivity index (χ4v) is 2.71. The Morgan fingerprint density at radius 1 is 1.27 bits per heavy atom. The Bertz CT molecular complexity index is 716. The highest BCUT2D eigenvalue weighted by Crippen LogP contribution is 2.16. The maximum Gasteiger partial charge on any atom is 0.323 e. The summed E-state index contributed by atoms with van der Waals surface area (Å²) in [6.07, 6.45) is 0. The molecule has 2 aromatic rings. The third-order valence-corrected chi connectivity index (χ3v) is 3.49. The van der Waals surface area contributed by atoms with Crippen molar-refractivity contribution in [2.24, 2.45) is 5.41 Å². The van der Waals surface area contributed by atoms with Crippen LogP contribution in [0.25, 0.3) is 11.0 Å². The number of hydrogen-bond donors (Lipinski definition) is 4. The second kappa shape index (κ2) is 6.50. The van der Waals surface area contributed by atoms with Gasteiger partial charge in [0.05, 0.1) is 11.0 Å². The van der Waals surface area contributed by atoms with Gasteiger partial charge in [0, 0.05) is 18.8 Å². The smallest absolute Gasteiger partial charge is 0.323 e. The lowest BCUT2D eigenvalue weighted by Crippen LogP contribution is -2.41. The average Bonchev–Trinajstić information content (AvgIpc) is 2.74. The van der Waals surface area contributed by atoms with Gasteiger partial charge in [-0.2, -0.15) is 0 Å². The van der Waals surface area contributed by atoms with Gasteiger partial charge in [-0.3, -0.25) is 0 Å². The van der Waals surface area contributed by atoms with Crippen molar-refractivity contribution in [3.63, 3.8) is 0 Å². The van der Waals surface area contributed by atoms with Crippen molar-refractivity contribution in [2.75, 3.05) is 32.5 Å². The maximum atomic E-state index is 11.2. The molecule has 0 atom stereocenters. The van der Waals surface area contributed by atoms with Gasteiger partial charge in [-0.25, -0.2) is 4.79 Å². The van der Waals surface area contributed by atoms with E-state index in [9.17, 15) is 4.79 Å². The van der Waals surface area contributed by atoms with E-state index >= 15 is 0 Å². The SMILES string of the molecule is CN(C)CC(C)(C)CNC(=S)Nc1ccc2[nH]c(=O)[nH]c2c1. The molecule has 1 aromatic carbocycles. The first-order valence-electron chi connectivity index (χ1n) is 7.17. The number of anilines is 1. The van der Waals surface area contributed by atoms with Crippen molar-refractivity contribution in [2.45, 2.75) is 13.8 Å². The summed E-state index contributed by atoms with van der Waals surface area (Å²) >= 11 is 5.33. The molecule has 4 N–H and O–H groups in total. The molecule has 1 aromatic heterocycles. The summed E-state index contributed by atoms with van der Waals surface area (Å²) in [5.41, 5.74) is 2.28. The van der Waals surface area contributed by atoms with Crippen LogP contribution in [0, 0.1) is 5.41 Å². The van der Waals surface area contributed by atoms with Gasteiger partial charge >= 0.3 is 5.69 Å². The van der Waals surface area contributed by atoms with Gasteiger partial charge in [-0.15, -0.1) is 0 Å². The third-order valence-electron chi connectivity index (χ3n) is 3.25. The van der Waals surface area contributed by atoms with Gasteiger partial charge < -0.3 is 25.5 Å². The van der Waals surface area contributed by atoms with Gasteiger partial charge in [0.25, 0.3) is 0 Å². The number of nitrogens with one attached hydrogen (secondary N) is 4. The van der Waals surface area contributed by atoms with E-state index in [-0.39, 0.29) is 11.1 Å². The van der Waals surface area contributed by atoms with Crippen LogP contribution >= 0.6 is 12.2 Å². The van der Waals surface area contributed by atoms with Crippen molar-refractivity contribution in [3.8, 4) is 0 Å². The first-order chi connectivity index (χ1) is 10.2. The molecule has 0 aliphatic rings. The molecule has 2 rings (SSSR count). The van der Waals surface area contributed by atoms with Crippen LogP contribution in [0.3, 0.4) is 0 Å². The minimum Gasteiger partial charge on any atom is -0.362 e. The Kier molecular flexibility index (Phi) is 4.87. The molecule has 0 aliphatic heterocycles. The van der Waals surface area contributed by atoms with Crippen molar-refractivity contribution in [3.05, 3.63) is 28.7 Å². The van der Waals surface area contributed by atoms with Crippen LogP contribution in [0.1, 0.15) is 13.8 Å². The lowest BCUT2D eigenvalue weighted by atomic mass is 9.93. The zero-order valence-corrected chi connectivity index (χ0v) is 14.2. The second-order valence-corrected chi connectivity index (χ2v) is 6.96. The lowest BCUT2D eigenvalue weighted by molar-refractivity contribution is 0.242. The molecule has 0 saturated carbocycles. The molecule has 0 bridgehead atoms. The quantitative estimate of drug-likeness (QED) is 0.631. The highest BCUT2D eigenvalue weighted by atomic mass is 32.1. The average molecular weight is 321 g/mol. The number of hydrogen-bond acceptors (Lipinski definition) is 3. The van der Waals surface area contributed by atoms with Crippen molar-refractivity contribution in [1.29, 1.82) is 0 Å². The third kappa shape index (κ3) is 4.57. The molecule has 0 radical (unpaired) electrons. The molecule has 6 nitrogen and oxygen atoms in total. The van der Waals surface area contributed by atoms with Crippen LogP contribution in [0.4, 0.5) is 5.69 Å². The number of aromatic amines is 2. The molecule has 0 fully saturated rings. The molecule has 22 heavy (non-hydrogen) atoms. The van der Waals surface area contributed by atoms with Crippen LogP contribution in [0.15, 0.2) is 23.0 Å². The zero-order valence-electron chi connectivity index (χ0n) is 13.4. The number of fused-ring (bicyclic) bond motifs is 1. The largest absolute Gasteiger partial charge is 0.362 e. The van der Waals surface area contributed by atoms with E-state index < -0.39 is 0 Å². The number of imidazole rings is 1. The van der Waals surface area contributed by atoms with Gasteiger partial charge in [-0.05, 0) is 49.9 Å². The Balaban J connectivity index is 1.94. The molecule has 1 heterocycles. The fraction of sp³-hybridized carbons (Fsp3) is 0.467. The number of aromatic nitrogens is 2. The first kappa shape index (κ1) is 16.5. The molecule has 0 unspecified atom stereocenters. The zero-order chi connectivity index (χ0) is 16.3. The predicted molar refractivity (Wildman–Crippen MR) is 95.5 cm³/mol. The van der Waals surface area contributed by atoms with Crippen LogP contribution in [0.5, 0.6) is 0 Å². The minimum atomic E-state index is -0.210. The Labute approximate surface area is 135 Å². The Morgan fingerprint density at radius 2 is 1.95 bits per heavy atom. The number of nitrogens with zero attached hydrogens (tertiary/aromatic N) is 1. The highest BCUT2D eigenvalue weighted by Gasteiger charge is 2.19. The first-order valence-corrected chi connectivity index (χ1v) is 7.58. The van der Waals surface area contributed by atoms with Gasteiger partial charge in [0.15, 0.2) is 5.11 Å². The molecular weight excluding hydrogens is 298 g/mol. The molecule has 0 aliphatic carbocycles. The van der Waals surface area contributed by atoms with Gasteiger partial charge in [-0.1, -0.05) is 13.8 Å². The summed E-state index contributed by atoms with van der Waals surface area (Å²) in [5, 5.41) is 6.96. The molecule has 120 valence electrons. The molecule has 7 heteroatoms. The second-order valence-electron chi connectivity index (χ2n) is 6.55. The highest BCUT2D eigenvalue weighted by molar-refractivity contribution is 7.80. The van der Waals surface area contributed by atoms with Crippen molar-refractivity contribution < 1.29 is 0 Å². The van der Waals surface area contributed by atoms with E-state index in [1.807, 2.05) is 18.2 Å². The van der Waals surface area contributed by atoms with Crippen LogP contribution in [-0.4, -0.2) is 47.2 Å². The van der Waals surface area contributed by atoms with Gasteiger partial charge in [0.2, 0.25) is 0 Å². The minimum absolute atomic E-state index is 0.116. The number of rotatable bonds is 5. The number of H-pyrrole nitrogens is 2. The lowest BCUT2D eigenvalue weighted by Gasteiger charge is -2.29. The monoisotopic (exact) mass is 321 g/mol. The fourth-order valence-electron chi connectivity index (χ4n) is 2.52. The summed E-state index contributed by atoms with van der Waals surface area (Å²) in [4.78, 5) is 18.9. The van der Waals surface area contributed by atoms with Crippen molar-refractivity contribution >= 4 is 34.1 Å². The normalized spacial score (nSPS) is 11.9. The van der Waals surface area contributed by atoms with E-state index in [0.29, 0.717) is 5.11 Å². The topological polar surface area (TPSA) is 75.9 Å². The van der Waals surface area contributed by atoms with E-state index in [1.165, 1.54) is 0 Å². The van der Waals surface area contributed by atoms with E-state index in [0.717, 1.165) is 29.8 Å². The van der Waals surface area contributed by atoms with Crippen LogP contribution in [-0.2, 0) is 0 Å². The summed E-state index contributed by atoms with van der Waals surface area (Å²) in [5.74, 6) is 0. The summed E-state index contributed by atoms with van der Waals surface area (Å²) < 4.78 is 0. The molecule has 0 spiro atoms. The molecule has 0 amide bonds. The van der Waals surface area contributed by atoms with Crippen LogP contribution < -0.4 is 16.3 Å². The summed E-state index contributed by atoms with van der Waals surface area (Å²) in [6.45, 7) is 6.14. The van der Waals surface area contributed by atoms with Crippen LogP contribution in [0.2, 0.25) is 0 Å². The van der Waals surface area contributed by atoms with Crippen molar-refractivity contribution in [1.82, 2.24) is 20.2 Å². The molecule has 0 saturated heterocycles. The predicted octanol–water partition coefficient (Wildman–Crippen LogP) is 1.73. The standard InChI is InChI=1S/C15H23N5OS/c1-15(2,9-20(3)4)8-16-14(22)17-10-5-6-11-12(7-10)19-13(21)18-11/h5-7H,8-9H2,1-4H3,(H2,16,17,22)(H2,18,19,21). The summed E-state index contributed by atoms with van der Waals surface area (Å²) in [6, 6.07) is 5.57. The number of thiocarbonyl (C=S) groups is 1. The number of benzene rings is 1. The molecular formula is C15H23N5OS. The van der Waals surface area contributed by atoms with E-state index in [1.54, 1.807) is 0 Å². The van der Waals surface area contributed by atoms with E-state index in [2.05, 4.69) is 53.4 Å². The van der Waals surface area contributed by atoms with E-state index in [4.69, 9.17) is 12.2 Å².